The minimum atomic E-state index is 0.226. The van der Waals surface area contributed by atoms with Crippen molar-refractivity contribution in [3.05, 3.63) is 51.7 Å². The van der Waals surface area contributed by atoms with E-state index in [4.69, 9.17) is 0 Å². The van der Waals surface area contributed by atoms with Gasteiger partial charge >= 0.3 is 0 Å². The minimum absolute atomic E-state index is 0.226. The van der Waals surface area contributed by atoms with Gasteiger partial charge in [-0.1, -0.05) is 30.3 Å². The fourth-order valence-corrected chi connectivity index (χ4v) is 3.20. The van der Waals surface area contributed by atoms with Gasteiger partial charge in [-0.2, -0.15) is 0 Å². The lowest BCUT2D eigenvalue weighted by Gasteiger charge is -2.16. The SMILES string of the molecule is O=C1C=C(Nc2ccc3ccccc3c2I)CCC1. The van der Waals surface area contributed by atoms with Gasteiger partial charge in [0.1, 0.15) is 0 Å². The van der Waals surface area contributed by atoms with Crippen molar-refractivity contribution in [2.75, 3.05) is 5.32 Å². The molecule has 2 aromatic carbocycles. The Morgan fingerprint density at radius 3 is 2.74 bits per heavy atom. The molecule has 0 bridgehead atoms. The second-order valence-electron chi connectivity index (χ2n) is 4.76. The van der Waals surface area contributed by atoms with E-state index in [9.17, 15) is 4.79 Å². The van der Waals surface area contributed by atoms with Crippen molar-refractivity contribution in [1.82, 2.24) is 0 Å². The van der Waals surface area contributed by atoms with Crippen LogP contribution < -0.4 is 5.32 Å². The lowest BCUT2D eigenvalue weighted by atomic mass is 10.0. The first-order chi connectivity index (χ1) is 9.24. The predicted octanol–water partition coefficient (Wildman–Crippen LogP) is 4.49. The summed E-state index contributed by atoms with van der Waals surface area (Å²) in [5, 5.41) is 5.89. The predicted molar refractivity (Wildman–Crippen MR) is 87.2 cm³/mol. The summed E-state index contributed by atoms with van der Waals surface area (Å²) in [6, 6.07) is 12.5. The van der Waals surface area contributed by atoms with Crippen LogP contribution in [0.15, 0.2) is 48.2 Å². The maximum Gasteiger partial charge on any atom is 0.157 e. The van der Waals surface area contributed by atoms with Crippen LogP contribution >= 0.6 is 22.6 Å². The van der Waals surface area contributed by atoms with Gasteiger partial charge in [-0.05, 0) is 52.3 Å². The molecule has 0 saturated heterocycles. The van der Waals surface area contributed by atoms with Gasteiger partial charge < -0.3 is 5.32 Å². The zero-order valence-corrected chi connectivity index (χ0v) is 12.6. The minimum Gasteiger partial charge on any atom is -0.358 e. The van der Waals surface area contributed by atoms with Crippen molar-refractivity contribution < 1.29 is 4.79 Å². The van der Waals surface area contributed by atoms with Crippen LogP contribution in [0, 0.1) is 3.57 Å². The molecule has 0 spiro atoms. The monoisotopic (exact) mass is 363 g/mol. The quantitative estimate of drug-likeness (QED) is 0.797. The lowest BCUT2D eigenvalue weighted by Crippen LogP contribution is -2.09. The Balaban J connectivity index is 1.97. The van der Waals surface area contributed by atoms with E-state index in [1.165, 1.54) is 14.3 Å². The lowest BCUT2D eigenvalue weighted by molar-refractivity contribution is -0.115. The van der Waals surface area contributed by atoms with E-state index in [0.29, 0.717) is 6.42 Å². The summed E-state index contributed by atoms with van der Waals surface area (Å²) in [5.74, 6) is 0.226. The molecule has 1 aliphatic carbocycles. The third-order valence-corrected chi connectivity index (χ3v) is 4.53. The Morgan fingerprint density at radius 2 is 1.89 bits per heavy atom. The van der Waals surface area contributed by atoms with Crippen molar-refractivity contribution in [2.45, 2.75) is 19.3 Å². The molecule has 19 heavy (non-hydrogen) atoms. The zero-order chi connectivity index (χ0) is 13.2. The van der Waals surface area contributed by atoms with Gasteiger partial charge in [-0.25, -0.2) is 0 Å². The molecular formula is C16H14INO. The molecule has 0 saturated carbocycles. The van der Waals surface area contributed by atoms with Crippen LogP contribution in [0.1, 0.15) is 19.3 Å². The highest BCUT2D eigenvalue weighted by molar-refractivity contribution is 14.1. The molecule has 0 atom stereocenters. The van der Waals surface area contributed by atoms with Gasteiger partial charge in [-0.15, -0.1) is 0 Å². The van der Waals surface area contributed by atoms with Gasteiger partial charge in [-0.3, -0.25) is 4.79 Å². The average molecular weight is 363 g/mol. The first kappa shape index (κ1) is 12.7. The fraction of sp³-hybridized carbons (Fsp3) is 0.188. The molecule has 96 valence electrons. The maximum atomic E-state index is 11.4. The van der Waals surface area contributed by atoms with E-state index in [-0.39, 0.29) is 5.78 Å². The molecule has 2 aromatic rings. The van der Waals surface area contributed by atoms with E-state index in [0.717, 1.165) is 24.2 Å². The van der Waals surface area contributed by atoms with E-state index < -0.39 is 0 Å². The first-order valence-electron chi connectivity index (χ1n) is 6.42. The smallest absolute Gasteiger partial charge is 0.157 e. The molecular weight excluding hydrogens is 349 g/mol. The summed E-state index contributed by atoms with van der Waals surface area (Å²) < 4.78 is 1.20. The van der Waals surface area contributed by atoms with Crippen LogP contribution in [-0.4, -0.2) is 5.78 Å². The van der Waals surface area contributed by atoms with E-state index in [2.05, 4.69) is 58.2 Å². The molecule has 1 N–H and O–H groups in total. The van der Waals surface area contributed by atoms with E-state index in [1.807, 2.05) is 6.07 Å². The summed E-state index contributed by atoms with van der Waals surface area (Å²) in [6.45, 7) is 0. The number of anilines is 1. The first-order valence-corrected chi connectivity index (χ1v) is 7.49. The van der Waals surface area contributed by atoms with Crippen LogP contribution in [0.2, 0.25) is 0 Å². The summed E-state index contributed by atoms with van der Waals surface area (Å²) in [4.78, 5) is 11.4. The van der Waals surface area contributed by atoms with Gasteiger partial charge in [0.15, 0.2) is 5.78 Å². The third-order valence-electron chi connectivity index (χ3n) is 3.36. The Morgan fingerprint density at radius 1 is 1.05 bits per heavy atom. The van der Waals surface area contributed by atoms with Crippen LogP contribution in [0.5, 0.6) is 0 Å². The topological polar surface area (TPSA) is 29.1 Å². The second kappa shape index (κ2) is 5.33. The Kier molecular flexibility index (Phi) is 3.55. The molecule has 3 heteroatoms. The number of fused-ring (bicyclic) bond motifs is 1. The Labute approximate surface area is 126 Å². The van der Waals surface area contributed by atoms with Crippen molar-refractivity contribution >= 4 is 44.8 Å². The van der Waals surface area contributed by atoms with Gasteiger partial charge in [0.2, 0.25) is 0 Å². The summed E-state index contributed by atoms with van der Waals surface area (Å²) in [7, 11) is 0. The highest BCUT2D eigenvalue weighted by Crippen LogP contribution is 2.29. The molecule has 0 amide bonds. The van der Waals surface area contributed by atoms with E-state index >= 15 is 0 Å². The normalized spacial score (nSPS) is 15.4. The molecule has 0 aliphatic heterocycles. The molecule has 2 nitrogen and oxygen atoms in total. The number of ketones is 1. The number of carbonyl (C=O) groups excluding carboxylic acids is 1. The van der Waals surface area contributed by atoms with Crippen molar-refractivity contribution in [2.24, 2.45) is 0 Å². The number of rotatable bonds is 2. The zero-order valence-electron chi connectivity index (χ0n) is 10.4. The average Bonchev–Trinajstić information content (AvgIpc) is 2.42. The highest BCUT2D eigenvalue weighted by Gasteiger charge is 2.11. The largest absolute Gasteiger partial charge is 0.358 e. The van der Waals surface area contributed by atoms with Gasteiger partial charge in [0.25, 0.3) is 0 Å². The molecule has 0 radical (unpaired) electrons. The Bertz CT molecular complexity index is 676. The van der Waals surface area contributed by atoms with Crippen LogP contribution in [0.25, 0.3) is 10.8 Å². The molecule has 0 unspecified atom stereocenters. The summed E-state index contributed by atoms with van der Waals surface area (Å²) in [6.07, 6.45) is 4.32. The molecule has 0 fully saturated rings. The molecule has 3 rings (SSSR count). The summed E-state index contributed by atoms with van der Waals surface area (Å²) in [5.41, 5.74) is 2.12. The van der Waals surface area contributed by atoms with E-state index in [1.54, 1.807) is 6.08 Å². The number of carbonyl (C=O) groups is 1. The maximum absolute atomic E-state index is 11.4. The number of allylic oxidation sites excluding steroid dienone is 2. The number of hydrogen-bond donors (Lipinski definition) is 1. The third kappa shape index (κ3) is 2.66. The number of benzene rings is 2. The van der Waals surface area contributed by atoms with Gasteiger partial charge in [0, 0.05) is 21.8 Å². The van der Waals surface area contributed by atoms with Crippen LogP contribution in [0.3, 0.4) is 0 Å². The van der Waals surface area contributed by atoms with Gasteiger partial charge in [0.05, 0.1) is 5.69 Å². The number of halogens is 1. The standard InChI is InChI=1S/C16H14INO/c17-16-14-7-2-1-4-11(14)8-9-15(16)18-12-5-3-6-13(19)10-12/h1-2,4,7-10,18H,3,5-6H2. The second-order valence-corrected chi connectivity index (χ2v) is 5.84. The molecule has 0 aromatic heterocycles. The van der Waals surface area contributed by atoms with Crippen molar-refractivity contribution in [3.63, 3.8) is 0 Å². The molecule has 0 heterocycles. The highest BCUT2D eigenvalue weighted by atomic mass is 127. The van der Waals surface area contributed by atoms with Crippen LogP contribution in [0.4, 0.5) is 5.69 Å². The van der Waals surface area contributed by atoms with Crippen molar-refractivity contribution in [1.29, 1.82) is 0 Å². The number of hydrogen-bond acceptors (Lipinski definition) is 2. The Hall–Kier alpha value is -1.36. The summed E-state index contributed by atoms with van der Waals surface area (Å²) >= 11 is 2.37. The molecule has 1 aliphatic rings. The fourth-order valence-electron chi connectivity index (χ4n) is 2.39. The number of nitrogens with one attached hydrogen (secondary N) is 1. The van der Waals surface area contributed by atoms with Crippen LogP contribution in [-0.2, 0) is 4.79 Å². The van der Waals surface area contributed by atoms with Crippen molar-refractivity contribution in [3.8, 4) is 0 Å².